The molecule has 0 aliphatic heterocycles. The molecule has 3 aromatic rings. The molecule has 0 atom stereocenters. The number of furan rings is 1. The minimum Gasteiger partial charge on any atom is -0.438 e. The first-order valence-corrected chi connectivity index (χ1v) is 10.1. The summed E-state index contributed by atoms with van der Waals surface area (Å²) < 4.78 is 38.9. The zero-order valence-electron chi connectivity index (χ0n) is 14.3. The fraction of sp³-hybridized carbons (Fsp3) is 0.333. The number of rotatable bonds is 6. The number of nitrogens with zero attached hydrogens (tertiary/aromatic N) is 2. The summed E-state index contributed by atoms with van der Waals surface area (Å²) in [5.41, 5.74) is 1.45. The SMILES string of the molecule is CCc1ccccc1NS(=O)(=O)c1ccc(-c2nnc(C3CCC3)o2)o1. The number of hydrogen-bond acceptors (Lipinski definition) is 6. The number of nitrogens with one attached hydrogen (secondary N) is 1. The van der Waals surface area contributed by atoms with Gasteiger partial charge in [-0.3, -0.25) is 4.72 Å². The number of anilines is 1. The van der Waals surface area contributed by atoms with Crippen molar-refractivity contribution in [3.05, 3.63) is 47.9 Å². The molecule has 0 amide bonds. The van der Waals surface area contributed by atoms with Gasteiger partial charge in [0.05, 0.1) is 5.69 Å². The Kier molecular flexibility index (Phi) is 4.28. The molecular weight excluding hydrogens is 354 g/mol. The first-order valence-electron chi connectivity index (χ1n) is 8.61. The summed E-state index contributed by atoms with van der Waals surface area (Å²) >= 11 is 0. The van der Waals surface area contributed by atoms with Crippen molar-refractivity contribution in [3.63, 3.8) is 0 Å². The third-order valence-electron chi connectivity index (χ3n) is 4.59. The molecular formula is C18H19N3O4S. The summed E-state index contributed by atoms with van der Waals surface area (Å²) in [5.74, 6) is 1.33. The van der Waals surface area contributed by atoms with E-state index < -0.39 is 10.0 Å². The number of sulfonamides is 1. The van der Waals surface area contributed by atoms with Crippen molar-refractivity contribution in [2.75, 3.05) is 4.72 Å². The van der Waals surface area contributed by atoms with Crippen LogP contribution in [0.3, 0.4) is 0 Å². The monoisotopic (exact) mass is 373 g/mol. The largest absolute Gasteiger partial charge is 0.438 e. The molecule has 0 spiro atoms. The van der Waals surface area contributed by atoms with Crippen LogP contribution in [0.5, 0.6) is 0 Å². The lowest BCUT2D eigenvalue weighted by atomic mass is 9.85. The Morgan fingerprint density at radius 1 is 1.12 bits per heavy atom. The van der Waals surface area contributed by atoms with Gasteiger partial charge in [0.2, 0.25) is 11.0 Å². The van der Waals surface area contributed by atoms with Crippen LogP contribution in [0.15, 0.2) is 50.3 Å². The highest BCUT2D eigenvalue weighted by atomic mass is 32.2. The molecule has 1 aliphatic carbocycles. The molecule has 1 fully saturated rings. The van der Waals surface area contributed by atoms with Gasteiger partial charge in [-0.1, -0.05) is 31.5 Å². The molecule has 0 bridgehead atoms. The van der Waals surface area contributed by atoms with Crippen LogP contribution in [0.25, 0.3) is 11.7 Å². The fourth-order valence-electron chi connectivity index (χ4n) is 2.86. The summed E-state index contributed by atoms with van der Waals surface area (Å²) in [6.45, 7) is 1.97. The molecule has 1 aromatic carbocycles. The van der Waals surface area contributed by atoms with Crippen molar-refractivity contribution < 1.29 is 17.3 Å². The third kappa shape index (κ3) is 3.12. The van der Waals surface area contributed by atoms with E-state index in [4.69, 9.17) is 8.83 Å². The molecule has 4 rings (SSSR count). The Morgan fingerprint density at radius 2 is 1.92 bits per heavy atom. The summed E-state index contributed by atoms with van der Waals surface area (Å²) in [5, 5.41) is 7.81. The van der Waals surface area contributed by atoms with E-state index in [1.807, 2.05) is 19.1 Å². The molecule has 8 heteroatoms. The van der Waals surface area contributed by atoms with Gasteiger partial charge in [-0.15, -0.1) is 10.2 Å². The van der Waals surface area contributed by atoms with Crippen LogP contribution in [0.2, 0.25) is 0 Å². The lowest BCUT2D eigenvalue weighted by Crippen LogP contribution is -2.13. The third-order valence-corrected chi connectivity index (χ3v) is 5.83. The lowest BCUT2D eigenvalue weighted by molar-refractivity contribution is 0.334. The van der Waals surface area contributed by atoms with Crippen molar-refractivity contribution in [1.29, 1.82) is 0 Å². The van der Waals surface area contributed by atoms with Crippen LogP contribution in [0.4, 0.5) is 5.69 Å². The zero-order valence-corrected chi connectivity index (χ0v) is 15.1. The predicted molar refractivity (Wildman–Crippen MR) is 95.2 cm³/mol. The summed E-state index contributed by atoms with van der Waals surface area (Å²) in [4.78, 5) is 0. The van der Waals surface area contributed by atoms with Crippen molar-refractivity contribution >= 4 is 15.7 Å². The van der Waals surface area contributed by atoms with Crippen LogP contribution in [-0.2, 0) is 16.4 Å². The zero-order chi connectivity index (χ0) is 18.1. The van der Waals surface area contributed by atoms with Gasteiger partial charge in [0.15, 0.2) is 5.76 Å². The van der Waals surface area contributed by atoms with E-state index in [9.17, 15) is 8.42 Å². The van der Waals surface area contributed by atoms with Gasteiger partial charge in [-0.25, -0.2) is 0 Å². The van der Waals surface area contributed by atoms with E-state index in [1.165, 1.54) is 12.1 Å². The van der Waals surface area contributed by atoms with Gasteiger partial charge >= 0.3 is 0 Å². The van der Waals surface area contributed by atoms with Gasteiger partial charge in [0, 0.05) is 5.92 Å². The number of aromatic nitrogens is 2. The Balaban J connectivity index is 1.57. The molecule has 1 aliphatic rings. The Hall–Kier alpha value is -2.61. The highest BCUT2D eigenvalue weighted by Gasteiger charge is 2.27. The second kappa shape index (κ2) is 6.60. The van der Waals surface area contributed by atoms with Gasteiger partial charge in [-0.2, -0.15) is 8.42 Å². The molecule has 2 heterocycles. The maximum Gasteiger partial charge on any atom is 0.295 e. The average Bonchev–Trinajstić information content (AvgIpc) is 3.23. The highest BCUT2D eigenvalue weighted by molar-refractivity contribution is 7.92. The molecule has 1 N–H and O–H groups in total. The quantitative estimate of drug-likeness (QED) is 0.702. The molecule has 0 radical (unpaired) electrons. The van der Waals surface area contributed by atoms with Crippen molar-refractivity contribution in [1.82, 2.24) is 10.2 Å². The second-order valence-corrected chi connectivity index (χ2v) is 7.92. The topological polar surface area (TPSA) is 98.2 Å². The minimum absolute atomic E-state index is 0.193. The first kappa shape index (κ1) is 16.8. The minimum atomic E-state index is -3.84. The van der Waals surface area contributed by atoms with Crippen molar-refractivity contribution in [2.45, 2.75) is 43.6 Å². The Labute approximate surface area is 151 Å². The second-order valence-electron chi connectivity index (χ2n) is 6.31. The molecule has 1 saturated carbocycles. The van der Waals surface area contributed by atoms with E-state index in [2.05, 4.69) is 14.9 Å². The first-order chi connectivity index (χ1) is 12.6. The van der Waals surface area contributed by atoms with E-state index >= 15 is 0 Å². The number of hydrogen-bond donors (Lipinski definition) is 1. The van der Waals surface area contributed by atoms with Crippen LogP contribution in [-0.4, -0.2) is 18.6 Å². The summed E-state index contributed by atoms with van der Waals surface area (Å²) in [6.07, 6.45) is 3.96. The van der Waals surface area contributed by atoms with Crippen LogP contribution < -0.4 is 4.72 Å². The molecule has 0 unspecified atom stereocenters. The highest BCUT2D eigenvalue weighted by Crippen LogP contribution is 2.36. The van der Waals surface area contributed by atoms with Crippen molar-refractivity contribution in [3.8, 4) is 11.7 Å². The molecule has 2 aromatic heterocycles. The molecule has 26 heavy (non-hydrogen) atoms. The van der Waals surface area contributed by atoms with E-state index in [1.54, 1.807) is 12.1 Å². The van der Waals surface area contributed by atoms with Crippen LogP contribution in [0.1, 0.15) is 43.6 Å². The Bertz CT molecular complexity index is 1020. The maximum absolute atomic E-state index is 12.6. The van der Waals surface area contributed by atoms with Gasteiger partial charge in [0.1, 0.15) is 0 Å². The van der Waals surface area contributed by atoms with Crippen molar-refractivity contribution in [2.24, 2.45) is 0 Å². The summed E-state index contributed by atoms with van der Waals surface area (Å²) in [6, 6.07) is 10.2. The lowest BCUT2D eigenvalue weighted by Gasteiger charge is -2.20. The predicted octanol–water partition coefficient (Wildman–Crippen LogP) is 3.96. The normalized spacial score (nSPS) is 15.0. The maximum atomic E-state index is 12.6. The Morgan fingerprint density at radius 3 is 2.65 bits per heavy atom. The molecule has 136 valence electrons. The van der Waals surface area contributed by atoms with E-state index in [0.717, 1.165) is 24.8 Å². The van der Waals surface area contributed by atoms with E-state index in [0.29, 0.717) is 23.9 Å². The molecule has 0 saturated heterocycles. The molecule has 7 nitrogen and oxygen atoms in total. The van der Waals surface area contributed by atoms with Gasteiger partial charge < -0.3 is 8.83 Å². The van der Waals surface area contributed by atoms with Gasteiger partial charge in [0.25, 0.3) is 15.9 Å². The van der Waals surface area contributed by atoms with Gasteiger partial charge in [-0.05, 0) is 43.0 Å². The smallest absolute Gasteiger partial charge is 0.295 e. The van der Waals surface area contributed by atoms with Crippen LogP contribution >= 0.6 is 0 Å². The average molecular weight is 373 g/mol. The fourth-order valence-corrected chi connectivity index (χ4v) is 3.89. The van der Waals surface area contributed by atoms with E-state index in [-0.39, 0.29) is 16.7 Å². The summed E-state index contributed by atoms with van der Waals surface area (Å²) in [7, 11) is -3.84. The number of aryl methyl sites for hydroxylation is 1. The number of benzene rings is 1. The van der Waals surface area contributed by atoms with Crippen LogP contribution in [0, 0.1) is 0 Å². The number of para-hydroxylation sites is 1. The standard InChI is InChI=1S/C18H19N3O4S/c1-2-12-6-3-4-9-14(12)21-26(22,23)16-11-10-15(24-16)18-20-19-17(25-18)13-7-5-8-13/h3-4,6,9-11,13,21H,2,5,7-8H2,1H3.